The molecule has 0 amide bonds. The minimum absolute atomic E-state index is 0. The van der Waals surface area contributed by atoms with Crippen LogP contribution in [0.1, 0.15) is 49.4 Å². The van der Waals surface area contributed by atoms with Crippen LogP contribution in [-0.2, 0) is 13.0 Å². The molecule has 1 fully saturated rings. The summed E-state index contributed by atoms with van der Waals surface area (Å²) in [6.07, 6.45) is 3.01. The number of hydrogen-bond donors (Lipinski definition) is 2. The molecule has 0 bridgehead atoms. The van der Waals surface area contributed by atoms with Crippen LogP contribution < -0.4 is 15.4 Å². The van der Waals surface area contributed by atoms with Crippen LogP contribution in [0.5, 0.6) is 5.75 Å². The molecule has 2 aliphatic heterocycles. The second-order valence-corrected chi connectivity index (χ2v) is 8.06. The van der Waals surface area contributed by atoms with E-state index in [9.17, 15) is 4.39 Å². The largest absolute Gasteiger partial charge is 0.487 e. The number of piperidine rings is 1. The molecule has 0 unspecified atom stereocenters. The van der Waals surface area contributed by atoms with Gasteiger partial charge in [0.25, 0.3) is 0 Å². The van der Waals surface area contributed by atoms with Gasteiger partial charge in [0.1, 0.15) is 17.2 Å². The Kier molecular flexibility index (Phi) is 6.09. The minimum atomic E-state index is -0.260. The molecule has 146 valence electrons. The van der Waals surface area contributed by atoms with Crippen LogP contribution in [0.4, 0.5) is 4.39 Å². The topological polar surface area (TPSA) is 33.3 Å². The lowest BCUT2D eigenvalue weighted by molar-refractivity contribution is 0.137. The fourth-order valence-electron chi connectivity index (χ4n) is 4.24. The third-order valence-electron chi connectivity index (χ3n) is 5.37. The number of fused-ring (bicyclic) bond motifs is 1. The van der Waals surface area contributed by atoms with Crippen LogP contribution in [0.2, 0.25) is 0 Å². The second kappa shape index (κ2) is 8.17. The fourth-order valence-corrected chi connectivity index (χ4v) is 4.24. The van der Waals surface area contributed by atoms with E-state index in [1.807, 2.05) is 6.07 Å². The van der Waals surface area contributed by atoms with Crippen LogP contribution >= 0.6 is 12.4 Å². The highest BCUT2D eigenvalue weighted by molar-refractivity contribution is 5.85. The number of benzene rings is 2. The molecule has 2 aromatic carbocycles. The Morgan fingerprint density at radius 3 is 2.78 bits per heavy atom. The van der Waals surface area contributed by atoms with Crippen molar-refractivity contribution in [1.82, 2.24) is 10.6 Å². The molecule has 0 saturated carbocycles. The Labute approximate surface area is 167 Å². The van der Waals surface area contributed by atoms with Crippen molar-refractivity contribution < 1.29 is 9.13 Å². The summed E-state index contributed by atoms with van der Waals surface area (Å²) < 4.78 is 20.2. The molecule has 0 aliphatic carbocycles. The van der Waals surface area contributed by atoms with Gasteiger partial charge in [-0.2, -0.15) is 0 Å². The van der Waals surface area contributed by atoms with Gasteiger partial charge in [-0.1, -0.05) is 30.3 Å². The van der Waals surface area contributed by atoms with Gasteiger partial charge in [-0.15, -0.1) is 12.4 Å². The van der Waals surface area contributed by atoms with Crippen molar-refractivity contribution in [3.63, 3.8) is 0 Å². The molecule has 3 nitrogen and oxygen atoms in total. The summed E-state index contributed by atoms with van der Waals surface area (Å²) in [6.45, 7) is 5.76. The van der Waals surface area contributed by atoms with E-state index in [2.05, 4.69) is 48.7 Å². The molecule has 2 aliphatic rings. The quantitative estimate of drug-likeness (QED) is 0.803. The van der Waals surface area contributed by atoms with E-state index < -0.39 is 0 Å². The van der Waals surface area contributed by atoms with Gasteiger partial charge in [-0.05, 0) is 50.9 Å². The highest BCUT2D eigenvalue weighted by atomic mass is 35.5. The van der Waals surface area contributed by atoms with Crippen molar-refractivity contribution in [2.75, 3.05) is 6.54 Å². The predicted molar refractivity (Wildman–Crippen MR) is 109 cm³/mol. The number of halogens is 2. The second-order valence-electron chi connectivity index (χ2n) is 8.06. The molecular weight excluding hydrogens is 363 g/mol. The van der Waals surface area contributed by atoms with Gasteiger partial charge in [0.2, 0.25) is 0 Å². The summed E-state index contributed by atoms with van der Waals surface area (Å²) in [6, 6.07) is 14.4. The summed E-state index contributed by atoms with van der Waals surface area (Å²) >= 11 is 0. The SMILES string of the molecule is CC1(C)Cc2cc(F)cc(CN[C@H]3CCCN[C@H]3c3ccccc3)c2O1.Cl. The average Bonchev–Trinajstić information content (AvgIpc) is 2.94. The predicted octanol–water partition coefficient (Wildman–Crippen LogP) is 4.54. The Morgan fingerprint density at radius 2 is 2.00 bits per heavy atom. The van der Waals surface area contributed by atoms with Crippen molar-refractivity contribution in [2.45, 2.75) is 57.3 Å². The van der Waals surface area contributed by atoms with E-state index in [0.717, 1.165) is 42.7 Å². The molecule has 2 aromatic rings. The third kappa shape index (κ3) is 4.45. The van der Waals surface area contributed by atoms with E-state index >= 15 is 0 Å². The highest BCUT2D eigenvalue weighted by Crippen LogP contribution is 2.38. The maximum absolute atomic E-state index is 14.1. The maximum atomic E-state index is 14.1. The normalized spacial score (nSPS) is 23.2. The van der Waals surface area contributed by atoms with Crippen LogP contribution in [0, 0.1) is 5.82 Å². The zero-order valence-electron chi connectivity index (χ0n) is 15.9. The van der Waals surface area contributed by atoms with Gasteiger partial charge in [0, 0.05) is 36.2 Å². The van der Waals surface area contributed by atoms with E-state index in [1.54, 1.807) is 12.1 Å². The van der Waals surface area contributed by atoms with Crippen molar-refractivity contribution in [2.24, 2.45) is 0 Å². The monoisotopic (exact) mass is 390 g/mol. The van der Waals surface area contributed by atoms with E-state index in [4.69, 9.17) is 4.74 Å². The summed E-state index contributed by atoms with van der Waals surface area (Å²) in [7, 11) is 0. The lowest BCUT2D eigenvalue weighted by Gasteiger charge is -2.34. The average molecular weight is 391 g/mol. The fraction of sp³-hybridized carbons (Fsp3) is 0.455. The lowest BCUT2D eigenvalue weighted by atomic mass is 9.92. The molecule has 5 heteroatoms. The first-order valence-corrected chi connectivity index (χ1v) is 9.54. The zero-order chi connectivity index (χ0) is 18.1. The van der Waals surface area contributed by atoms with Crippen molar-refractivity contribution in [3.05, 3.63) is 65.0 Å². The van der Waals surface area contributed by atoms with Crippen molar-refractivity contribution >= 4 is 12.4 Å². The van der Waals surface area contributed by atoms with Crippen LogP contribution in [0.3, 0.4) is 0 Å². The molecular formula is C22H28ClFN2O. The number of nitrogens with one attached hydrogen (secondary N) is 2. The van der Waals surface area contributed by atoms with Gasteiger partial charge < -0.3 is 15.4 Å². The Balaban J connectivity index is 0.00000210. The molecule has 2 N–H and O–H groups in total. The first kappa shape index (κ1) is 20.1. The van der Waals surface area contributed by atoms with Crippen LogP contribution in [0.15, 0.2) is 42.5 Å². The molecule has 2 atom stereocenters. The van der Waals surface area contributed by atoms with Crippen molar-refractivity contribution in [1.29, 1.82) is 0 Å². The molecule has 0 radical (unpaired) electrons. The van der Waals surface area contributed by atoms with E-state index in [1.165, 1.54) is 5.56 Å². The van der Waals surface area contributed by atoms with Gasteiger partial charge in [-0.25, -0.2) is 4.39 Å². The van der Waals surface area contributed by atoms with Gasteiger partial charge >= 0.3 is 0 Å². The Morgan fingerprint density at radius 1 is 1.22 bits per heavy atom. The highest BCUT2D eigenvalue weighted by Gasteiger charge is 2.33. The third-order valence-corrected chi connectivity index (χ3v) is 5.37. The molecule has 1 saturated heterocycles. The first-order chi connectivity index (χ1) is 12.5. The number of rotatable bonds is 4. The summed E-state index contributed by atoms with van der Waals surface area (Å²) in [5.74, 6) is 0.687. The zero-order valence-corrected chi connectivity index (χ0v) is 16.7. The van der Waals surface area contributed by atoms with Crippen molar-refractivity contribution in [3.8, 4) is 5.75 Å². The van der Waals surface area contributed by atoms with Crippen LogP contribution in [-0.4, -0.2) is 18.2 Å². The number of hydrogen-bond acceptors (Lipinski definition) is 3. The summed E-state index contributed by atoms with van der Waals surface area (Å²) in [5, 5.41) is 7.29. The molecule has 0 spiro atoms. The van der Waals surface area contributed by atoms with E-state index in [0.29, 0.717) is 12.6 Å². The molecule has 0 aromatic heterocycles. The maximum Gasteiger partial charge on any atom is 0.128 e. The standard InChI is InChI=1S/C22H27FN2O.ClH/c1-22(2)13-16-11-18(23)12-17(21(16)26-22)14-25-19-9-6-10-24-20(19)15-7-4-3-5-8-15;/h3-5,7-8,11-12,19-20,24-25H,6,9-10,13-14H2,1-2H3;1H/t19-,20-;/m0./s1. The summed E-state index contributed by atoms with van der Waals surface area (Å²) in [5.41, 5.74) is 2.94. The first-order valence-electron chi connectivity index (χ1n) is 9.54. The minimum Gasteiger partial charge on any atom is -0.487 e. The molecule has 2 heterocycles. The Bertz CT molecular complexity index is 781. The van der Waals surface area contributed by atoms with Crippen LogP contribution in [0.25, 0.3) is 0 Å². The van der Waals surface area contributed by atoms with Gasteiger partial charge in [0.15, 0.2) is 0 Å². The summed E-state index contributed by atoms with van der Waals surface area (Å²) in [4.78, 5) is 0. The number of ether oxygens (including phenoxy) is 1. The van der Waals surface area contributed by atoms with Gasteiger partial charge in [0.05, 0.1) is 0 Å². The lowest BCUT2D eigenvalue weighted by Crippen LogP contribution is -2.45. The smallest absolute Gasteiger partial charge is 0.128 e. The molecule has 4 rings (SSSR count). The Hall–Kier alpha value is -1.62. The van der Waals surface area contributed by atoms with Gasteiger partial charge in [-0.3, -0.25) is 0 Å². The van der Waals surface area contributed by atoms with E-state index in [-0.39, 0.29) is 29.9 Å². The molecule has 27 heavy (non-hydrogen) atoms.